The molecule has 1 amide bonds. The van der Waals surface area contributed by atoms with E-state index in [0.717, 1.165) is 26.2 Å². The number of nitrogens with zero attached hydrogens (tertiary/aromatic N) is 2. The fourth-order valence-electron chi connectivity index (χ4n) is 2.40. The lowest BCUT2D eigenvalue weighted by molar-refractivity contribution is -0.130. The summed E-state index contributed by atoms with van der Waals surface area (Å²) >= 11 is 0. The van der Waals surface area contributed by atoms with E-state index >= 15 is 0 Å². The van der Waals surface area contributed by atoms with E-state index in [-0.39, 0.29) is 12.0 Å². The summed E-state index contributed by atoms with van der Waals surface area (Å²) in [6.07, 6.45) is -0.375. The van der Waals surface area contributed by atoms with E-state index < -0.39 is 0 Å². The molecule has 0 aromatic carbocycles. The van der Waals surface area contributed by atoms with Gasteiger partial charge in [-0.05, 0) is 19.9 Å². The summed E-state index contributed by atoms with van der Waals surface area (Å²) in [5.74, 6) is 0.504. The number of hydrogen-bond donors (Lipinski definition) is 1. The van der Waals surface area contributed by atoms with Gasteiger partial charge >= 0.3 is 0 Å². The lowest BCUT2D eigenvalue weighted by Crippen LogP contribution is -2.54. The Balaban J connectivity index is 2.47. The molecule has 0 spiro atoms. The van der Waals surface area contributed by atoms with Gasteiger partial charge < -0.3 is 15.0 Å². The Hall–Kier alpha value is -0.650. The molecule has 0 aromatic heterocycles. The third kappa shape index (κ3) is 5.09. The van der Waals surface area contributed by atoms with Gasteiger partial charge in [-0.2, -0.15) is 0 Å². The van der Waals surface area contributed by atoms with Crippen molar-refractivity contribution in [3.8, 4) is 0 Å². The molecule has 2 unspecified atom stereocenters. The molecule has 1 fully saturated rings. The number of amides is 1. The Labute approximate surface area is 117 Å². The summed E-state index contributed by atoms with van der Waals surface area (Å²) in [5.41, 5.74) is 0. The first-order valence-electron chi connectivity index (χ1n) is 7.18. The van der Waals surface area contributed by atoms with Crippen molar-refractivity contribution in [1.29, 1.82) is 0 Å². The van der Waals surface area contributed by atoms with Crippen molar-refractivity contribution in [2.75, 3.05) is 46.9 Å². The van der Waals surface area contributed by atoms with E-state index in [1.807, 2.05) is 0 Å². The largest absolute Gasteiger partial charge is 0.372 e. The Kier molecular flexibility index (Phi) is 6.75. The third-order valence-corrected chi connectivity index (χ3v) is 3.98. The molecule has 112 valence electrons. The van der Waals surface area contributed by atoms with Crippen LogP contribution in [0.15, 0.2) is 0 Å². The zero-order chi connectivity index (χ0) is 14.4. The van der Waals surface area contributed by atoms with Gasteiger partial charge in [0, 0.05) is 45.9 Å². The van der Waals surface area contributed by atoms with E-state index in [2.05, 4.69) is 36.0 Å². The summed E-state index contributed by atoms with van der Waals surface area (Å²) < 4.78 is 5.03. The quantitative estimate of drug-likeness (QED) is 0.760. The molecule has 2 atom stereocenters. The van der Waals surface area contributed by atoms with Crippen LogP contribution in [0.5, 0.6) is 0 Å². The minimum Gasteiger partial charge on any atom is -0.372 e. The van der Waals surface area contributed by atoms with Crippen LogP contribution in [0.4, 0.5) is 0 Å². The smallest absolute Gasteiger partial charge is 0.248 e. The van der Waals surface area contributed by atoms with Crippen LogP contribution >= 0.6 is 0 Å². The zero-order valence-corrected chi connectivity index (χ0v) is 13.0. The van der Waals surface area contributed by atoms with E-state index in [4.69, 9.17) is 4.74 Å². The molecule has 5 nitrogen and oxygen atoms in total. The van der Waals surface area contributed by atoms with Gasteiger partial charge in [0.1, 0.15) is 6.10 Å². The molecule has 1 aliphatic heterocycles. The van der Waals surface area contributed by atoms with Crippen molar-refractivity contribution in [3.05, 3.63) is 0 Å². The number of piperazine rings is 1. The molecule has 1 rings (SSSR count). The predicted octanol–water partition coefficient (Wildman–Crippen LogP) is 0.410. The van der Waals surface area contributed by atoms with Crippen molar-refractivity contribution < 1.29 is 9.53 Å². The number of rotatable bonds is 6. The van der Waals surface area contributed by atoms with Crippen molar-refractivity contribution in [3.63, 3.8) is 0 Å². The minimum absolute atomic E-state index is 0.0257. The second-order valence-electron chi connectivity index (χ2n) is 5.77. The van der Waals surface area contributed by atoms with Gasteiger partial charge in [-0.1, -0.05) is 13.8 Å². The summed E-state index contributed by atoms with van der Waals surface area (Å²) in [6.45, 7) is 11.3. The van der Waals surface area contributed by atoms with Crippen LogP contribution in [0, 0.1) is 5.92 Å². The zero-order valence-electron chi connectivity index (χ0n) is 13.0. The second-order valence-corrected chi connectivity index (χ2v) is 5.77. The molecule has 0 aromatic rings. The van der Waals surface area contributed by atoms with Crippen LogP contribution in [0.1, 0.15) is 20.8 Å². The molecule has 0 aliphatic carbocycles. The molecular weight excluding hydrogens is 242 g/mol. The summed E-state index contributed by atoms with van der Waals surface area (Å²) in [6, 6.07) is 0.404. The third-order valence-electron chi connectivity index (χ3n) is 3.98. The highest BCUT2D eigenvalue weighted by molar-refractivity contribution is 5.80. The van der Waals surface area contributed by atoms with Crippen LogP contribution in [0.25, 0.3) is 0 Å². The molecule has 0 saturated carbocycles. The summed E-state index contributed by atoms with van der Waals surface area (Å²) in [7, 11) is 3.72. The molecule has 0 bridgehead atoms. The Morgan fingerprint density at radius 2 is 1.79 bits per heavy atom. The monoisotopic (exact) mass is 271 g/mol. The molecule has 19 heavy (non-hydrogen) atoms. The highest BCUT2D eigenvalue weighted by atomic mass is 16.5. The number of ether oxygens (including phenoxy) is 1. The molecule has 0 radical (unpaired) electrons. The van der Waals surface area contributed by atoms with Crippen molar-refractivity contribution in [2.24, 2.45) is 5.92 Å². The predicted molar refractivity (Wildman–Crippen MR) is 77.2 cm³/mol. The average Bonchev–Trinajstić information content (AvgIpc) is 2.39. The molecule has 1 saturated heterocycles. The second kappa shape index (κ2) is 7.82. The van der Waals surface area contributed by atoms with E-state index in [9.17, 15) is 4.79 Å². The molecule has 1 N–H and O–H groups in total. The van der Waals surface area contributed by atoms with Gasteiger partial charge in [0.15, 0.2) is 0 Å². The topological polar surface area (TPSA) is 44.8 Å². The van der Waals surface area contributed by atoms with Crippen molar-refractivity contribution in [2.45, 2.75) is 32.9 Å². The van der Waals surface area contributed by atoms with Gasteiger partial charge in [0.05, 0.1) is 0 Å². The van der Waals surface area contributed by atoms with Gasteiger partial charge in [-0.3, -0.25) is 9.69 Å². The maximum atomic E-state index is 11.8. The first-order valence-corrected chi connectivity index (χ1v) is 7.18. The fraction of sp³-hybridized carbons (Fsp3) is 0.929. The SMILES string of the molecule is COC(C)C(=O)NCC(C(C)C)N1CCN(C)CC1. The summed E-state index contributed by atoms with van der Waals surface area (Å²) in [4.78, 5) is 16.6. The lowest BCUT2D eigenvalue weighted by Gasteiger charge is -2.40. The van der Waals surface area contributed by atoms with Gasteiger partial charge in [0.25, 0.3) is 0 Å². The minimum atomic E-state index is -0.375. The fourth-order valence-corrected chi connectivity index (χ4v) is 2.40. The maximum Gasteiger partial charge on any atom is 0.248 e. The number of carbonyl (C=O) groups excluding carboxylic acids is 1. The van der Waals surface area contributed by atoms with Crippen molar-refractivity contribution >= 4 is 5.91 Å². The Morgan fingerprint density at radius 1 is 1.21 bits per heavy atom. The van der Waals surface area contributed by atoms with Crippen LogP contribution < -0.4 is 5.32 Å². The van der Waals surface area contributed by atoms with Crippen LogP contribution in [-0.2, 0) is 9.53 Å². The number of likely N-dealkylation sites (N-methyl/N-ethyl adjacent to an activating group) is 1. The molecular formula is C14H29N3O2. The van der Waals surface area contributed by atoms with Gasteiger partial charge in [-0.15, -0.1) is 0 Å². The molecule has 5 heteroatoms. The first-order chi connectivity index (χ1) is 8.95. The normalized spacial score (nSPS) is 21.4. The maximum absolute atomic E-state index is 11.8. The van der Waals surface area contributed by atoms with Gasteiger partial charge in [0.2, 0.25) is 5.91 Å². The van der Waals surface area contributed by atoms with Crippen LogP contribution in [-0.4, -0.2) is 74.7 Å². The first kappa shape index (κ1) is 16.4. The molecule has 1 aliphatic rings. The van der Waals surface area contributed by atoms with E-state index in [0.29, 0.717) is 18.5 Å². The van der Waals surface area contributed by atoms with E-state index in [1.165, 1.54) is 0 Å². The molecule has 1 heterocycles. The average molecular weight is 271 g/mol. The highest BCUT2D eigenvalue weighted by Gasteiger charge is 2.25. The van der Waals surface area contributed by atoms with E-state index in [1.54, 1.807) is 14.0 Å². The number of methoxy groups -OCH3 is 1. The number of carbonyl (C=O) groups is 1. The van der Waals surface area contributed by atoms with Crippen LogP contribution in [0.2, 0.25) is 0 Å². The van der Waals surface area contributed by atoms with Crippen LogP contribution in [0.3, 0.4) is 0 Å². The lowest BCUT2D eigenvalue weighted by atomic mass is 10.0. The summed E-state index contributed by atoms with van der Waals surface area (Å²) in [5, 5.41) is 3.00. The number of nitrogens with one attached hydrogen (secondary N) is 1. The standard InChI is InChI=1S/C14H29N3O2/c1-11(2)13(10-15-14(18)12(3)19-5)17-8-6-16(4)7-9-17/h11-13H,6-10H2,1-5H3,(H,15,18). The Morgan fingerprint density at radius 3 is 2.26 bits per heavy atom. The van der Waals surface area contributed by atoms with Crippen molar-refractivity contribution in [1.82, 2.24) is 15.1 Å². The highest BCUT2D eigenvalue weighted by Crippen LogP contribution is 2.12. The Bertz CT molecular complexity index is 276. The number of hydrogen-bond acceptors (Lipinski definition) is 4. The van der Waals surface area contributed by atoms with Gasteiger partial charge in [-0.25, -0.2) is 0 Å².